The molecule has 1 amide bonds. The Morgan fingerprint density at radius 3 is 2.46 bits per heavy atom. The van der Waals surface area contributed by atoms with E-state index in [2.05, 4.69) is 10.6 Å². The van der Waals surface area contributed by atoms with Gasteiger partial charge < -0.3 is 15.4 Å². The molecule has 0 saturated carbocycles. The van der Waals surface area contributed by atoms with Crippen molar-refractivity contribution < 1.29 is 18.3 Å². The van der Waals surface area contributed by atoms with E-state index in [1.165, 1.54) is 24.3 Å². The van der Waals surface area contributed by atoms with Crippen molar-refractivity contribution in [3.63, 3.8) is 0 Å². The fourth-order valence-electron chi connectivity index (χ4n) is 2.83. The standard InChI is InChI=1S/C22H22F2N2O2/c1-22(23,24)17-7-9-18(10-8-17)28-20-5-3-4-15-14-16(6-11-19(15)20)21(27)26-13-12-25-2/h3-11,14,25H,12-13H2,1-2H3,(H,26,27). The van der Waals surface area contributed by atoms with Gasteiger partial charge in [0, 0.05) is 36.5 Å². The van der Waals surface area contributed by atoms with Crippen LogP contribution >= 0.6 is 0 Å². The Hall–Kier alpha value is -2.99. The normalized spacial score (nSPS) is 11.4. The lowest BCUT2D eigenvalue weighted by Crippen LogP contribution is -2.30. The van der Waals surface area contributed by atoms with E-state index < -0.39 is 5.92 Å². The summed E-state index contributed by atoms with van der Waals surface area (Å²) in [7, 11) is 1.82. The fourth-order valence-corrected chi connectivity index (χ4v) is 2.83. The van der Waals surface area contributed by atoms with Gasteiger partial charge in [0.2, 0.25) is 0 Å². The monoisotopic (exact) mass is 384 g/mol. The molecule has 0 atom stereocenters. The third-order valence-corrected chi connectivity index (χ3v) is 4.35. The molecule has 0 aliphatic heterocycles. The second-order valence-corrected chi connectivity index (χ2v) is 6.57. The predicted octanol–water partition coefficient (Wildman–Crippen LogP) is 4.69. The largest absolute Gasteiger partial charge is 0.457 e. The number of likely N-dealkylation sites (N-methyl/N-ethyl adjacent to an activating group) is 1. The predicted molar refractivity (Wildman–Crippen MR) is 106 cm³/mol. The van der Waals surface area contributed by atoms with E-state index in [1.54, 1.807) is 18.2 Å². The smallest absolute Gasteiger partial charge is 0.270 e. The van der Waals surface area contributed by atoms with Crippen molar-refractivity contribution in [2.75, 3.05) is 20.1 Å². The summed E-state index contributed by atoms with van der Waals surface area (Å²) in [5.74, 6) is -1.97. The van der Waals surface area contributed by atoms with E-state index in [-0.39, 0.29) is 11.5 Å². The van der Waals surface area contributed by atoms with Crippen molar-refractivity contribution in [2.45, 2.75) is 12.8 Å². The molecule has 0 aromatic heterocycles. The number of carbonyl (C=O) groups is 1. The Morgan fingerprint density at radius 2 is 1.79 bits per heavy atom. The number of carbonyl (C=O) groups excluding carboxylic acids is 1. The average Bonchev–Trinajstić information content (AvgIpc) is 2.67. The maximum absolute atomic E-state index is 13.3. The van der Waals surface area contributed by atoms with Gasteiger partial charge in [-0.3, -0.25) is 4.79 Å². The van der Waals surface area contributed by atoms with Crippen LogP contribution in [-0.4, -0.2) is 26.0 Å². The number of nitrogens with one attached hydrogen (secondary N) is 2. The third-order valence-electron chi connectivity index (χ3n) is 4.35. The molecular weight excluding hydrogens is 362 g/mol. The van der Waals surface area contributed by atoms with Crippen molar-refractivity contribution in [1.82, 2.24) is 10.6 Å². The topological polar surface area (TPSA) is 50.4 Å². The van der Waals surface area contributed by atoms with Crippen LogP contribution in [0.15, 0.2) is 60.7 Å². The number of ether oxygens (including phenoxy) is 1. The molecule has 3 aromatic rings. The molecular formula is C22H22F2N2O2. The lowest BCUT2D eigenvalue weighted by molar-refractivity contribution is 0.0174. The van der Waals surface area contributed by atoms with Gasteiger partial charge in [-0.25, -0.2) is 8.78 Å². The summed E-state index contributed by atoms with van der Waals surface area (Å²) in [4.78, 5) is 12.2. The molecule has 0 unspecified atom stereocenters. The lowest BCUT2D eigenvalue weighted by atomic mass is 10.1. The molecule has 4 nitrogen and oxygen atoms in total. The maximum atomic E-state index is 13.3. The van der Waals surface area contributed by atoms with Crippen LogP contribution in [0.5, 0.6) is 11.5 Å². The van der Waals surface area contributed by atoms with Crippen LogP contribution in [0.4, 0.5) is 8.78 Å². The number of rotatable bonds is 7. The molecule has 0 spiro atoms. The number of alkyl halides is 2. The average molecular weight is 384 g/mol. The molecule has 0 aliphatic rings. The Morgan fingerprint density at radius 1 is 1.04 bits per heavy atom. The first-order valence-electron chi connectivity index (χ1n) is 9.00. The van der Waals surface area contributed by atoms with Crippen LogP contribution < -0.4 is 15.4 Å². The first kappa shape index (κ1) is 19.8. The molecule has 0 fully saturated rings. The molecule has 28 heavy (non-hydrogen) atoms. The molecule has 0 aliphatic carbocycles. The summed E-state index contributed by atoms with van der Waals surface area (Å²) in [6.07, 6.45) is 0. The summed E-state index contributed by atoms with van der Waals surface area (Å²) in [6, 6.07) is 16.7. The molecule has 6 heteroatoms. The minimum absolute atomic E-state index is 0.0632. The number of amides is 1. The summed E-state index contributed by atoms with van der Waals surface area (Å²) < 4.78 is 32.6. The van der Waals surface area contributed by atoms with Crippen LogP contribution in [-0.2, 0) is 5.92 Å². The zero-order valence-corrected chi connectivity index (χ0v) is 15.8. The number of benzene rings is 3. The van der Waals surface area contributed by atoms with E-state index >= 15 is 0 Å². The summed E-state index contributed by atoms with van der Waals surface area (Å²) in [5, 5.41) is 7.51. The molecule has 2 N–H and O–H groups in total. The lowest BCUT2D eigenvalue weighted by Gasteiger charge is -2.13. The van der Waals surface area contributed by atoms with E-state index in [0.717, 1.165) is 17.7 Å². The van der Waals surface area contributed by atoms with E-state index in [1.807, 2.05) is 25.2 Å². The number of hydrogen-bond acceptors (Lipinski definition) is 3. The van der Waals surface area contributed by atoms with Gasteiger partial charge in [0.1, 0.15) is 11.5 Å². The second kappa shape index (κ2) is 8.35. The van der Waals surface area contributed by atoms with Crippen molar-refractivity contribution in [3.8, 4) is 11.5 Å². The zero-order valence-electron chi connectivity index (χ0n) is 15.8. The van der Waals surface area contributed by atoms with Gasteiger partial charge in [0.05, 0.1) is 0 Å². The Labute approximate surface area is 162 Å². The van der Waals surface area contributed by atoms with Crippen LogP contribution in [0.1, 0.15) is 22.8 Å². The molecule has 0 heterocycles. The summed E-state index contributed by atoms with van der Waals surface area (Å²) in [6.45, 7) is 2.10. The summed E-state index contributed by atoms with van der Waals surface area (Å²) >= 11 is 0. The van der Waals surface area contributed by atoms with Gasteiger partial charge in [-0.1, -0.05) is 12.1 Å². The SMILES string of the molecule is CNCCNC(=O)c1ccc2c(Oc3ccc(C(C)(F)F)cc3)cccc2c1. The highest BCUT2D eigenvalue weighted by molar-refractivity contribution is 5.99. The second-order valence-electron chi connectivity index (χ2n) is 6.57. The van der Waals surface area contributed by atoms with E-state index in [0.29, 0.717) is 30.2 Å². The third kappa shape index (κ3) is 4.64. The van der Waals surface area contributed by atoms with Gasteiger partial charge in [-0.15, -0.1) is 0 Å². The molecule has 3 rings (SSSR count). The van der Waals surface area contributed by atoms with Crippen molar-refractivity contribution in [3.05, 3.63) is 71.8 Å². The highest BCUT2D eigenvalue weighted by Crippen LogP contribution is 2.33. The fraction of sp³-hybridized carbons (Fsp3) is 0.227. The maximum Gasteiger partial charge on any atom is 0.270 e. The van der Waals surface area contributed by atoms with Crippen LogP contribution in [0, 0.1) is 0 Å². The summed E-state index contributed by atoms with van der Waals surface area (Å²) in [5.41, 5.74) is 0.502. The Bertz CT molecular complexity index is 966. The molecule has 0 radical (unpaired) electrons. The van der Waals surface area contributed by atoms with E-state index in [9.17, 15) is 13.6 Å². The van der Waals surface area contributed by atoms with Crippen molar-refractivity contribution >= 4 is 16.7 Å². The molecule has 0 saturated heterocycles. The van der Waals surface area contributed by atoms with E-state index in [4.69, 9.17) is 4.74 Å². The Balaban J connectivity index is 1.82. The van der Waals surface area contributed by atoms with Crippen LogP contribution in [0.25, 0.3) is 10.8 Å². The highest BCUT2D eigenvalue weighted by atomic mass is 19.3. The van der Waals surface area contributed by atoms with Gasteiger partial charge in [0.25, 0.3) is 11.8 Å². The minimum Gasteiger partial charge on any atom is -0.457 e. The van der Waals surface area contributed by atoms with Crippen LogP contribution in [0.3, 0.4) is 0 Å². The van der Waals surface area contributed by atoms with Gasteiger partial charge in [-0.2, -0.15) is 0 Å². The first-order chi connectivity index (χ1) is 13.4. The quantitative estimate of drug-likeness (QED) is 0.581. The zero-order chi connectivity index (χ0) is 20.1. The van der Waals surface area contributed by atoms with Gasteiger partial charge in [-0.05, 0) is 61.0 Å². The number of fused-ring (bicyclic) bond motifs is 1. The minimum atomic E-state index is -2.89. The number of hydrogen-bond donors (Lipinski definition) is 2. The highest BCUT2D eigenvalue weighted by Gasteiger charge is 2.23. The molecule has 0 bridgehead atoms. The Kier molecular flexibility index (Phi) is 5.90. The van der Waals surface area contributed by atoms with Crippen molar-refractivity contribution in [1.29, 1.82) is 0 Å². The number of halogens is 2. The first-order valence-corrected chi connectivity index (χ1v) is 9.00. The van der Waals surface area contributed by atoms with Gasteiger partial charge in [0.15, 0.2) is 0 Å². The molecule has 3 aromatic carbocycles. The van der Waals surface area contributed by atoms with Crippen molar-refractivity contribution in [2.24, 2.45) is 0 Å². The van der Waals surface area contributed by atoms with Gasteiger partial charge >= 0.3 is 0 Å². The molecule has 146 valence electrons. The van der Waals surface area contributed by atoms with Crippen LogP contribution in [0.2, 0.25) is 0 Å².